The van der Waals surface area contributed by atoms with Crippen LogP contribution in [0, 0.1) is 5.82 Å². The van der Waals surface area contributed by atoms with E-state index in [1.54, 1.807) is 30.3 Å². The number of nitrogens with zero attached hydrogens (tertiary/aromatic N) is 1. The van der Waals surface area contributed by atoms with Crippen LogP contribution < -0.4 is 0 Å². The van der Waals surface area contributed by atoms with Crippen molar-refractivity contribution in [2.45, 2.75) is 38.4 Å². The second kappa shape index (κ2) is 10.0. The van der Waals surface area contributed by atoms with E-state index >= 15 is 0 Å². The van der Waals surface area contributed by atoms with Gasteiger partial charge in [-0.1, -0.05) is 74.1 Å². The number of unbranched alkanes of at least 4 members (excludes halogenated alkanes) is 1. The summed E-state index contributed by atoms with van der Waals surface area (Å²) in [5.74, 6) is -2.96. The van der Waals surface area contributed by atoms with Gasteiger partial charge in [-0.2, -0.15) is 13.2 Å². The Kier molecular flexibility index (Phi) is 7.58. The van der Waals surface area contributed by atoms with E-state index in [2.05, 4.69) is 0 Å². The molecule has 0 aromatic heterocycles. The van der Waals surface area contributed by atoms with E-state index in [1.807, 2.05) is 6.92 Å². The largest absolute Gasteiger partial charge is 0.480 e. The molecule has 33 heavy (non-hydrogen) atoms. The Morgan fingerprint density at radius 1 is 1.18 bits per heavy atom. The van der Waals surface area contributed by atoms with Gasteiger partial charge in [0.2, 0.25) is 0 Å². The van der Waals surface area contributed by atoms with Crippen LogP contribution in [0.5, 0.6) is 0 Å². The molecule has 0 unspecified atom stereocenters. The molecular weight excluding hydrogens is 478 g/mol. The molecule has 1 heterocycles. The van der Waals surface area contributed by atoms with Crippen molar-refractivity contribution >= 4 is 46.3 Å². The number of carbonyl (C=O) groups is 2. The number of amides is 1. The number of alkyl halides is 3. The van der Waals surface area contributed by atoms with Crippen LogP contribution in [0.25, 0.3) is 17.2 Å². The fourth-order valence-corrected chi connectivity index (χ4v) is 4.71. The second-order valence-corrected chi connectivity index (χ2v) is 9.04. The van der Waals surface area contributed by atoms with E-state index in [9.17, 15) is 32.3 Å². The second-order valence-electron chi connectivity index (χ2n) is 7.36. The molecule has 0 radical (unpaired) electrons. The number of thiocarbonyl (C=S) groups is 1. The third-order valence-corrected chi connectivity index (χ3v) is 6.40. The summed E-state index contributed by atoms with van der Waals surface area (Å²) in [6.45, 7) is 1.92. The first kappa shape index (κ1) is 24.9. The van der Waals surface area contributed by atoms with Crippen molar-refractivity contribution in [2.24, 2.45) is 0 Å². The van der Waals surface area contributed by atoms with Gasteiger partial charge in [0.1, 0.15) is 16.2 Å². The molecule has 174 valence electrons. The first-order valence-electron chi connectivity index (χ1n) is 10.00. The zero-order valence-electron chi connectivity index (χ0n) is 17.4. The van der Waals surface area contributed by atoms with Gasteiger partial charge in [0, 0.05) is 0 Å². The number of carboxylic acids is 1. The van der Waals surface area contributed by atoms with Crippen LogP contribution in [0.1, 0.15) is 37.3 Å². The Morgan fingerprint density at radius 3 is 2.39 bits per heavy atom. The maximum absolute atomic E-state index is 13.5. The van der Waals surface area contributed by atoms with Crippen molar-refractivity contribution < 1.29 is 32.3 Å². The lowest BCUT2D eigenvalue weighted by atomic mass is 10.0. The first-order chi connectivity index (χ1) is 15.5. The topological polar surface area (TPSA) is 57.6 Å². The van der Waals surface area contributed by atoms with Gasteiger partial charge in [-0.25, -0.2) is 9.18 Å². The standard InChI is InChI=1S/C23H19F4NO3S2/c1-2-3-4-18(21(30)31)28-20(29)19(33-22(28)32)11-13-5-7-14(8-6-13)15-9-10-17(24)16(12-15)23(25,26)27/h5-12,18H,2-4H2,1H3,(H,30,31)/b19-11-/t18-/m1/s1. The van der Waals surface area contributed by atoms with Gasteiger partial charge in [0.15, 0.2) is 0 Å². The van der Waals surface area contributed by atoms with Gasteiger partial charge in [-0.05, 0) is 41.3 Å². The highest BCUT2D eigenvalue weighted by Crippen LogP contribution is 2.36. The number of benzene rings is 2. The molecule has 1 fully saturated rings. The molecule has 0 bridgehead atoms. The van der Waals surface area contributed by atoms with Crippen LogP contribution in [-0.2, 0) is 15.8 Å². The highest BCUT2D eigenvalue weighted by Gasteiger charge is 2.40. The summed E-state index contributed by atoms with van der Waals surface area (Å²) in [4.78, 5) is 25.9. The van der Waals surface area contributed by atoms with Crippen LogP contribution in [0.15, 0.2) is 47.4 Å². The van der Waals surface area contributed by atoms with Gasteiger partial charge in [0.25, 0.3) is 5.91 Å². The highest BCUT2D eigenvalue weighted by molar-refractivity contribution is 8.26. The summed E-state index contributed by atoms with van der Waals surface area (Å²) in [7, 11) is 0. The predicted octanol–water partition coefficient (Wildman–Crippen LogP) is 6.36. The van der Waals surface area contributed by atoms with Gasteiger partial charge in [-0.3, -0.25) is 9.69 Å². The number of hydrogen-bond acceptors (Lipinski definition) is 4. The third kappa shape index (κ3) is 5.62. The highest BCUT2D eigenvalue weighted by atomic mass is 32.2. The number of aliphatic carboxylic acids is 1. The Balaban J connectivity index is 1.84. The van der Waals surface area contributed by atoms with Crippen molar-refractivity contribution in [1.29, 1.82) is 0 Å². The van der Waals surface area contributed by atoms with E-state index in [4.69, 9.17) is 12.2 Å². The zero-order chi connectivity index (χ0) is 24.3. The number of thioether (sulfide) groups is 1. The number of carboxylic acid groups (broad SMARTS) is 1. The Hall–Kier alpha value is -2.72. The monoisotopic (exact) mass is 497 g/mol. The van der Waals surface area contributed by atoms with Gasteiger partial charge in [-0.15, -0.1) is 0 Å². The molecular formula is C23H19F4NO3S2. The minimum Gasteiger partial charge on any atom is -0.480 e. The summed E-state index contributed by atoms with van der Waals surface area (Å²) in [5, 5.41) is 9.52. The first-order valence-corrected chi connectivity index (χ1v) is 11.2. The normalized spacial score (nSPS) is 16.5. The van der Waals surface area contributed by atoms with E-state index in [1.165, 1.54) is 6.07 Å². The molecule has 1 aliphatic heterocycles. The molecule has 0 aliphatic carbocycles. The molecule has 1 aliphatic rings. The lowest BCUT2D eigenvalue weighted by Crippen LogP contribution is -2.43. The van der Waals surface area contributed by atoms with Crippen LogP contribution >= 0.6 is 24.0 Å². The van der Waals surface area contributed by atoms with Crippen molar-refractivity contribution in [3.05, 3.63) is 64.3 Å². The molecule has 0 spiro atoms. The van der Waals surface area contributed by atoms with Gasteiger partial charge in [0.05, 0.1) is 10.5 Å². The SMILES string of the molecule is CCCC[C@H](C(=O)O)N1C(=O)/C(=C/c2ccc(-c3ccc(F)c(C(F)(F)F)c3)cc2)SC1=S. The Labute approximate surface area is 197 Å². The molecule has 1 atom stereocenters. The summed E-state index contributed by atoms with van der Waals surface area (Å²) in [6, 6.07) is 8.06. The molecule has 1 saturated heterocycles. The van der Waals surface area contributed by atoms with Gasteiger partial charge < -0.3 is 5.11 Å². The van der Waals surface area contributed by atoms with Crippen molar-refractivity contribution in [3.63, 3.8) is 0 Å². The maximum atomic E-state index is 13.5. The summed E-state index contributed by atoms with van der Waals surface area (Å²) in [6.07, 6.45) is -1.56. The molecule has 3 rings (SSSR count). The zero-order valence-corrected chi connectivity index (χ0v) is 19.0. The smallest absolute Gasteiger partial charge is 0.419 e. The lowest BCUT2D eigenvalue weighted by molar-refractivity contribution is -0.145. The van der Waals surface area contributed by atoms with E-state index in [0.29, 0.717) is 17.5 Å². The lowest BCUT2D eigenvalue weighted by Gasteiger charge is -2.22. The van der Waals surface area contributed by atoms with Crippen LogP contribution in [0.3, 0.4) is 0 Å². The molecule has 1 amide bonds. The maximum Gasteiger partial charge on any atom is 0.419 e. The van der Waals surface area contributed by atoms with Gasteiger partial charge >= 0.3 is 12.1 Å². The quantitative estimate of drug-likeness (QED) is 0.274. The van der Waals surface area contributed by atoms with E-state index in [0.717, 1.165) is 35.2 Å². The Bertz CT molecular complexity index is 1110. The summed E-state index contributed by atoms with van der Waals surface area (Å²) in [5.41, 5.74) is -0.126. The predicted molar refractivity (Wildman–Crippen MR) is 123 cm³/mol. The number of halogens is 4. The molecule has 2 aromatic rings. The van der Waals surface area contributed by atoms with Crippen LogP contribution in [0.2, 0.25) is 0 Å². The summed E-state index contributed by atoms with van der Waals surface area (Å²) < 4.78 is 52.6. The van der Waals surface area contributed by atoms with Crippen molar-refractivity contribution in [1.82, 2.24) is 4.90 Å². The number of hydrogen-bond donors (Lipinski definition) is 1. The van der Waals surface area contributed by atoms with Crippen molar-refractivity contribution in [2.75, 3.05) is 0 Å². The van der Waals surface area contributed by atoms with Crippen molar-refractivity contribution in [3.8, 4) is 11.1 Å². The third-order valence-electron chi connectivity index (χ3n) is 5.06. The van der Waals surface area contributed by atoms with Crippen LogP contribution in [-0.4, -0.2) is 32.2 Å². The molecule has 0 saturated carbocycles. The number of rotatable bonds is 7. The fraction of sp³-hybridized carbons (Fsp3) is 0.261. The molecule has 1 N–H and O–H groups in total. The average molecular weight is 498 g/mol. The fourth-order valence-electron chi connectivity index (χ4n) is 3.35. The minimum atomic E-state index is -4.81. The van der Waals surface area contributed by atoms with E-state index in [-0.39, 0.29) is 21.2 Å². The van der Waals surface area contributed by atoms with Crippen LogP contribution in [0.4, 0.5) is 17.6 Å². The molecule has 2 aromatic carbocycles. The Morgan fingerprint density at radius 2 is 1.82 bits per heavy atom. The summed E-state index contributed by atoms with van der Waals surface area (Å²) >= 11 is 6.24. The average Bonchev–Trinajstić information content (AvgIpc) is 3.01. The molecule has 10 heteroatoms. The number of carbonyl (C=O) groups excluding carboxylic acids is 1. The van der Waals surface area contributed by atoms with E-state index < -0.39 is 35.5 Å². The minimum absolute atomic E-state index is 0.164. The molecule has 4 nitrogen and oxygen atoms in total.